The standard InChI is InChI=1S/C12H12F2O5/c13-11(14)7-5-9-8(18-2-1-3-19-9)4-6(7)10(15)12(16)17/h4-5,10-11,15H,1-3H2,(H,16,17). The maximum Gasteiger partial charge on any atom is 0.337 e. The van der Waals surface area contributed by atoms with Crippen molar-refractivity contribution in [3.8, 4) is 11.5 Å². The van der Waals surface area contributed by atoms with Crippen molar-refractivity contribution in [3.05, 3.63) is 23.3 Å². The van der Waals surface area contributed by atoms with Crippen molar-refractivity contribution in [1.29, 1.82) is 0 Å². The number of carbonyl (C=O) groups is 1. The van der Waals surface area contributed by atoms with Crippen LogP contribution >= 0.6 is 0 Å². The highest BCUT2D eigenvalue weighted by atomic mass is 19.3. The maximum atomic E-state index is 12.9. The number of fused-ring (bicyclic) bond motifs is 1. The number of halogens is 2. The molecule has 0 fully saturated rings. The van der Waals surface area contributed by atoms with Gasteiger partial charge in [-0.15, -0.1) is 0 Å². The number of aliphatic carboxylic acids is 1. The SMILES string of the molecule is O=C(O)C(O)c1cc2c(cc1C(F)F)OCCCO2. The number of aliphatic hydroxyl groups is 1. The zero-order valence-electron chi connectivity index (χ0n) is 9.81. The molecule has 0 amide bonds. The molecule has 1 aromatic rings. The number of alkyl halides is 2. The first kappa shape index (κ1) is 13.5. The van der Waals surface area contributed by atoms with Gasteiger partial charge in [0.05, 0.1) is 13.2 Å². The molecule has 0 bridgehead atoms. The predicted octanol–water partition coefficient (Wildman–Crippen LogP) is 1.90. The summed E-state index contributed by atoms with van der Waals surface area (Å²) in [6.45, 7) is 0.667. The van der Waals surface area contributed by atoms with Crippen LogP contribution in [0.4, 0.5) is 8.78 Å². The summed E-state index contributed by atoms with van der Waals surface area (Å²) in [6.07, 6.45) is -4.35. The molecule has 2 N–H and O–H groups in total. The molecule has 0 saturated carbocycles. The van der Waals surface area contributed by atoms with Crippen molar-refractivity contribution in [2.75, 3.05) is 13.2 Å². The van der Waals surface area contributed by atoms with E-state index in [1.165, 1.54) is 0 Å². The average Bonchev–Trinajstić information content (AvgIpc) is 2.60. The van der Waals surface area contributed by atoms with Crippen LogP contribution < -0.4 is 9.47 Å². The third kappa shape index (κ3) is 2.76. The molecule has 1 heterocycles. The molecule has 1 aliphatic rings. The average molecular weight is 274 g/mol. The Morgan fingerprint density at radius 1 is 1.16 bits per heavy atom. The number of benzene rings is 1. The fraction of sp³-hybridized carbons (Fsp3) is 0.417. The molecule has 1 unspecified atom stereocenters. The van der Waals surface area contributed by atoms with Gasteiger partial charge in [0.15, 0.2) is 17.6 Å². The van der Waals surface area contributed by atoms with E-state index in [2.05, 4.69) is 0 Å². The molecule has 0 aromatic heterocycles. The monoisotopic (exact) mass is 274 g/mol. The minimum atomic E-state index is -2.92. The maximum absolute atomic E-state index is 12.9. The number of carboxylic acids is 1. The minimum Gasteiger partial charge on any atom is -0.490 e. The van der Waals surface area contributed by atoms with Gasteiger partial charge in [-0.25, -0.2) is 13.6 Å². The van der Waals surface area contributed by atoms with Gasteiger partial charge in [-0.3, -0.25) is 0 Å². The highest BCUT2D eigenvalue weighted by molar-refractivity contribution is 5.75. The van der Waals surface area contributed by atoms with Crippen molar-refractivity contribution >= 4 is 5.97 Å². The van der Waals surface area contributed by atoms with Gasteiger partial charge in [0.1, 0.15) is 0 Å². The molecule has 1 aromatic carbocycles. The third-order valence-corrected chi connectivity index (χ3v) is 2.72. The van der Waals surface area contributed by atoms with E-state index in [1.54, 1.807) is 0 Å². The topological polar surface area (TPSA) is 76.0 Å². The molecular formula is C12H12F2O5. The van der Waals surface area contributed by atoms with Crippen LogP contribution in [0.15, 0.2) is 12.1 Å². The summed E-state index contributed by atoms with van der Waals surface area (Å²) in [5, 5.41) is 18.2. The Morgan fingerprint density at radius 2 is 1.68 bits per heavy atom. The van der Waals surface area contributed by atoms with Crippen molar-refractivity contribution in [1.82, 2.24) is 0 Å². The number of hydrogen-bond donors (Lipinski definition) is 2. The first-order valence-corrected chi connectivity index (χ1v) is 5.63. The molecule has 0 radical (unpaired) electrons. The summed E-state index contributed by atoms with van der Waals surface area (Å²) in [6, 6.07) is 2.12. The second-order valence-corrected chi connectivity index (χ2v) is 4.02. The van der Waals surface area contributed by atoms with E-state index in [-0.39, 0.29) is 17.1 Å². The van der Waals surface area contributed by atoms with Gasteiger partial charge in [-0.1, -0.05) is 0 Å². The minimum absolute atomic E-state index is 0.133. The first-order valence-electron chi connectivity index (χ1n) is 5.63. The van der Waals surface area contributed by atoms with Crippen molar-refractivity contribution in [3.63, 3.8) is 0 Å². The van der Waals surface area contributed by atoms with Crippen molar-refractivity contribution in [2.24, 2.45) is 0 Å². The van der Waals surface area contributed by atoms with Gasteiger partial charge >= 0.3 is 5.97 Å². The highest BCUT2D eigenvalue weighted by Crippen LogP contribution is 2.38. The van der Waals surface area contributed by atoms with Crippen LogP contribution in [-0.4, -0.2) is 29.4 Å². The van der Waals surface area contributed by atoms with Gasteiger partial charge in [0.2, 0.25) is 0 Å². The van der Waals surface area contributed by atoms with E-state index in [9.17, 15) is 18.7 Å². The van der Waals surface area contributed by atoms with E-state index >= 15 is 0 Å². The quantitative estimate of drug-likeness (QED) is 0.880. The van der Waals surface area contributed by atoms with Crippen molar-refractivity contribution in [2.45, 2.75) is 19.0 Å². The number of carboxylic acid groups (broad SMARTS) is 1. The van der Waals surface area contributed by atoms with E-state index in [1.807, 2.05) is 0 Å². The van der Waals surface area contributed by atoms with E-state index in [0.29, 0.717) is 19.6 Å². The second kappa shape index (κ2) is 5.40. The van der Waals surface area contributed by atoms with Gasteiger partial charge in [-0.05, 0) is 12.1 Å². The lowest BCUT2D eigenvalue weighted by Crippen LogP contribution is -2.13. The molecule has 2 rings (SSSR count). The molecule has 104 valence electrons. The lowest BCUT2D eigenvalue weighted by molar-refractivity contribution is -0.147. The summed E-state index contributed by atoms with van der Waals surface area (Å²) in [5.41, 5.74) is -0.953. The number of aliphatic hydroxyl groups excluding tert-OH is 1. The molecule has 0 saturated heterocycles. The van der Waals surface area contributed by atoms with Crippen LogP contribution in [0, 0.1) is 0 Å². The first-order chi connectivity index (χ1) is 9.00. The van der Waals surface area contributed by atoms with Gasteiger partial charge in [-0.2, -0.15) is 0 Å². The zero-order valence-corrected chi connectivity index (χ0v) is 9.81. The van der Waals surface area contributed by atoms with Crippen LogP contribution in [0.2, 0.25) is 0 Å². The van der Waals surface area contributed by atoms with Gasteiger partial charge < -0.3 is 19.7 Å². The summed E-state index contributed by atoms with van der Waals surface area (Å²) in [5.74, 6) is -1.30. The lowest BCUT2D eigenvalue weighted by atomic mass is 10.0. The Labute approximate surface area is 107 Å². The zero-order chi connectivity index (χ0) is 14.0. The third-order valence-electron chi connectivity index (χ3n) is 2.72. The molecule has 19 heavy (non-hydrogen) atoms. The Kier molecular flexibility index (Phi) is 3.84. The summed E-state index contributed by atoms with van der Waals surface area (Å²) >= 11 is 0. The molecule has 1 atom stereocenters. The number of hydrogen-bond acceptors (Lipinski definition) is 4. The molecule has 5 nitrogen and oxygen atoms in total. The van der Waals surface area contributed by atoms with Crippen LogP contribution in [0.3, 0.4) is 0 Å². The highest BCUT2D eigenvalue weighted by Gasteiger charge is 2.27. The Bertz CT molecular complexity index is 489. The largest absolute Gasteiger partial charge is 0.490 e. The smallest absolute Gasteiger partial charge is 0.337 e. The molecule has 0 spiro atoms. The van der Waals surface area contributed by atoms with Crippen molar-refractivity contribution < 1.29 is 33.3 Å². The Balaban J connectivity index is 2.51. The second-order valence-electron chi connectivity index (χ2n) is 4.02. The van der Waals surface area contributed by atoms with E-state index < -0.39 is 24.1 Å². The van der Waals surface area contributed by atoms with Gasteiger partial charge in [0, 0.05) is 17.5 Å². The van der Waals surface area contributed by atoms with E-state index in [0.717, 1.165) is 12.1 Å². The van der Waals surface area contributed by atoms with Crippen LogP contribution in [-0.2, 0) is 4.79 Å². The predicted molar refractivity (Wildman–Crippen MR) is 59.6 cm³/mol. The molecule has 0 aliphatic carbocycles. The van der Waals surface area contributed by atoms with Crippen LogP contribution in [0.25, 0.3) is 0 Å². The molecular weight excluding hydrogens is 262 g/mol. The summed E-state index contributed by atoms with van der Waals surface area (Å²) < 4.78 is 36.4. The lowest BCUT2D eigenvalue weighted by Gasteiger charge is -2.16. The molecule has 7 heteroatoms. The van der Waals surface area contributed by atoms with Crippen LogP contribution in [0.1, 0.15) is 30.1 Å². The summed E-state index contributed by atoms with van der Waals surface area (Å²) in [7, 11) is 0. The fourth-order valence-electron chi connectivity index (χ4n) is 1.80. The number of ether oxygens (including phenoxy) is 2. The molecule has 1 aliphatic heterocycles. The van der Waals surface area contributed by atoms with Gasteiger partial charge in [0.25, 0.3) is 6.43 Å². The Hall–Kier alpha value is -1.89. The fourth-order valence-corrected chi connectivity index (χ4v) is 1.80. The normalized spacial score (nSPS) is 16.0. The summed E-state index contributed by atoms with van der Waals surface area (Å²) in [4.78, 5) is 10.7. The van der Waals surface area contributed by atoms with Crippen LogP contribution in [0.5, 0.6) is 11.5 Å². The van der Waals surface area contributed by atoms with E-state index in [4.69, 9.17) is 14.6 Å². The number of rotatable bonds is 3. The Morgan fingerprint density at radius 3 is 2.16 bits per heavy atom.